The van der Waals surface area contributed by atoms with E-state index in [4.69, 9.17) is 4.42 Å². The number of rotatable bonds is 4. The molecule has 2 aromatic carbocycles. The summed E-state index contributed by atoms with van der Waals surface area (Å²) in [6.07, 6.45) is 6.99. The standard InChI is InChI=1S/C18H14O2/c19-18(8-6-14-9-10-20-13-14)12-15-5-7-16-3-1-2-4-17(16)11-15/h1-11,13H,12H2/b8-6+. The third kappa shape index (κ3) is 2.86. The SMILES string of the molecule is O=C(/C=C/c1ccoc1)Cc1ccc2ccccc2c1. The Kier molecular flexibility index (Phi) is 3.46. The maximum absolute atomic E-state index is 11.9. The van der Waals surface area contributed by atoms with Crippen LogP contribution in [0.5, 0.6) is 0 Å². The Morgan fingerprint density at radius 3 is 2.70 bits per heavy atom. The molecule has 0 bridgehead atoms. The zero-order valence-electron chi connectivity index (χ0n) is 11.0. The summed E-state index contributed by atoms with van der Waals surface area (Å²) in [6, 6.07) is 16.1. The Balaban J connectivity index is 1.74. The minimum atomic E-state index is 0.0847. The lowest BCUT2D eigenvalue weighted by molar-refractivity contribution is -0.113. The summed E-state index contributed by atoms with van der Waals surface area (Å²) in [7, 11) is 0. The molecule has 98 valence electrons. The first-order valence-corrected chi connectivity index (χ1v) is 6.52. The van der Waals surface area contributed by atoms with Gasteiger partial charge in [0.05, 0.1) is 12.5 Å². The third-order valence-corrected chi connectivity index (χ3v) is 3.20. The summed E-state index contributed by atoms with van der Waals surface area (Å²) >= 11 is 0. The zero-order valence-corrected chi connectivity index (χ0v) is 11.0. The van der Waals surface area contributed by atoms with Gasteiger partial charge in [0.2, 0.25) is 0 Å². The van der Waals surface area contributed by atoms with Crippen molar-refractivity contribution in [3.63, 3.8) is 0 Å². The van der Waals surface area contributed by atoms with Crippen LogP contribution in [0.3, 0.4) is 0 Å². The number of fused-ring (bicyclic) bond motifs is 1. The minimum absolute atomic E-state index is 0.0847. The summed E-state index contributed by atoms with van der Waals surface area (Å²) in [4.78, 5) is 11.9. The second-order valence-corrected chi connectivity index (χ2v) is 4.71. The van der Waals surface area contributed by atoms with E-state index < -0.39 is 0 Å². The number of carbonyl (C=O) groups is 1. The Morgan fingerprint density at radius 2 is 1.90 bits per heavy atom. The molecule has 0 spiro atoms. The van der Waals surface area contributed by atoms with E-state index in [-0.39, 0.29) is 5.78 Å². The van der Waals surface area contributed by atoms with E-state index in [1.807, 2.05) is 24.3 Å². The van der Waals surface area contributed by atoms with Gasteiger partial charge in [0, 0.05) is 12.0 Å². The zero-order chi connectivity index (χ0) is 13.8. The van der Waals surface area contributed by atoms with Crippen molar-refractivity contribution in [3.8, 4) is 0 Å². The molecule has 0 unspecified atom stereocenters. The quantitative estimate of drug-likeness (QED) is 0.658. The highest BCUT2D eigenvalue weighted by Gasteiger charge is 2.01. The van der Waals surface area contributed by atoms with E-state index in [0.29, 0.717) is 6.42 Å². The van der Waals surface area contributed by atoms with Crippen molar-refractivity contribution in [1.29, 1.82) is 0 Å². The van der Waals surface area contributed by atoms with E-state index >= 15 is 0 Å². The Labute approximate surface area is 117 Å². The molecule has 0 atom stereocenters. The molecule has 0 aliphatic rings. The van der Waals surface area contributed by atoms with E-state index in [1.54, 1.807) is 24.7 Å². The second-order valence-electron chi connectivity index (χ2n) is 4.71. The lowest BCUT2D eigenvalue weighted by Crippen LogP contribution is -1.98. The Bertz CT molecular complexity index is 752. The monoisotopic (exact) mass is 262 g/mol. The highest BCUT2D eigenvalue weighted by Crippen LogP contribution is 2.16. The van der Waals surface area contributed by atoms with Gasteiger partial charge < -0.3 is 4.42 Å². The number of carbonyl (C=O) groups excluding carboxylic acids is 1. The molecule has 2 heteroatoms. The molecule has 0 radical (unpaired) electrons. The summed E-state index contributed by atoms with van der Waals surface area (Å²) in [5.41, 5.74) is 1.93. The number of furan rings is 1. The molecule has 0 N–H and O–H groups in total. The average molecular weight is 262 g/mol. The first kappa shape index (κ1) is 12.4. The van der Waals surface area contributed by atoms with Crippen molar-refractivity contribution in [2.24, 2.45) is 0 Å². The fraction of sp³-hybridized carbons (Fsp3) is 0.0556. The van der Waals surface area contributed by atoms with Gasteiger partial charge in [-0.1, -0.05) is 42.5 Å². The van der Waals surface area contributed by atoms with Gasteiger partial charge in [0.1, 0.15) is 0 Å². The van der Waals surface area contributed by atoms with Gasteiger partial charge in [-0.15, -0.1) is 0 Å². The predicted molar refractivity (Wildman–Crippen MR) is 80.4 cm³/mol. The largest absolute Gasteiger partial charge is 0.472 e. The molecule has 1 aromatic heterocycles. The average Bonchev–Trinajstić information content (AvgIpc) is 2.98. The molecule has 0 amide bonds. The number of ketones is 1. The topological polar surface area (TPSA) is 30.2 Å². The number of benzene rings is 2. The van der Waals surface area contributed by atoms with Gasteiger partial charge in [-0.3, -0.25) is 4.79 Å². The summed E-state index contributed by atoms with van der Waals surface area (Å²) in [5, 5.41) is 2.36. The van der Waals surface area contributed by atoms with Crippen molar-refractivity contribution in [2.45, 2.75) is 6.42 Å². The smallest absolute Gasteiger partial charge is 0.160 e. The van der Waals surface area contributed by atoms with Crippen LogP contribution in [0.4, 0.5) is 0 Å². The van der Waals surface area contributed by atoms with E-state index in [1.165, 1.54) is 5.39 Å². The van der Waals surface area contributed by atoms with Gasteiger partial charge in [-0.2, -0.15) is 0 Å². The van der Waals surface area contributed by atoms with Crippen LogP contribution in [-0.4, -0.2) is 5.78 Å². The fourth-order valence-corrected chi connectivity index (χ4v) is 2.17. The summed E-state index contributed by atoms with van der Waals surface area (Å²) in [5.74, 6) is 0.0847. The van der Waals surface area contributed by atoms with Gasteiger partial charge in [-0.05, 0) is 34.6 Å². The van der Waals surface area contributed by atoms with Crippen molar-refractivity contribution < 1.29 is 9.21 Å². The molecule has 0 aliphatic heterocycles. The molecule has 3 aromatic rings. The first-order valence-electron chi connectivity index (χ1n) is 6.52. The van der Waals surface area contributed by atoms with Crippen molar-refractivity contribution in [2.75, 3.05) is 0 Å². The molecular formula is C18H14O2. The molecule has 0 fully saturated rings. The molecule has 20 heavy (non-hydrogen) atoms. The normalized spacial score (nSPS) is 11.2. The van der Waals surface area contributed by atoms with Crippen molar-refractivity contribution in [3.05, 3.63) is 78.3 Å². The molecule has 0 saturated heterocycles. The molecule has 0 aliphatic carbocycles. The van der Waals surface area contributed by atoms with Crippen molar-refractivity contribution in [1.82, 2.24) is 0 Å². The van der Waals surface area contributed by atoms with Gasteiger partial charge in [0.15, 0.2) is 5.78 Å². The fourth-order valence-electron chi connectivity index (χ4n) is 2.17. The van der Waals surface area contributed by atoms with Crippen LogP contribution in [0.15, 0.2) is 71.6 Å². The third-order valence-electron chi connectivity index (χ3n) is 3.20. The maximum atomic E-state index is 11.9. The van der Waals surface area contributed by atoms with Gasteiger partial charge in [0.25, 0.3) is 0 Å². The molecule has 0 saturated carbocycles. The second kappa shape index (κ2) is 5.57. The highest BCUT2D eigenvalue weighted by molar-refractivity contribution is 5.95. The molecule has 1 heterocycles. The summed E-state index contributed by atoms with van der Waals surface area (Å²) in [6.45, 7) is 0. The highest BCUT2D eigenvalue weighted by atomic mass is 16.3. The van der Waals surface area contributed by atoms with E-state index in [9.17, 15) is 4.79 Å². The van der Waals surface area contributed by atoms with E-state index in [2.05, 4.69) is 24.3 Å². The maximum Gasteiger partial charge on any atom is 0.160 e. The molecule has 2 nitrogen and oxygen atoms in total. The Hall–Kier alpha value is -2.61. The van der Waals surface area contributed by atoms with Crippen LogP contribution in [0.2, 0.25) is 0 Å². The molecular weight excluding hydrogens is 248 g/mol. The minimum Gasteiger partial charge on any atom is -0.472 e. The molecule has 3 rings (SSSR count). The van der Waals surface area contributed by atoms with Crippen LogP contribution in [0.25, 0.3) is 16.8 Å². The lowest BCUT2D eigenvalue weighted by atomic mass is 10.0. The van der Waals surface area contributed by atoms with Crippen LogP contribution < -0.4 is 0 Å². The van der Waals surface area contributed by atoms with Crippen LogP contribution in [0.1, 0.15) is 11.1 Å². The predicted octanol–water partition coefficient (Wildman–Crippen LogP) is 4.26. The van der Waals surface area contributed by atoms with Gasteiger partial charge in [-0.25, -0.2) is 0 Å². The first-order chi connectivity index (χ1) is 9.81. The van der Waals surface area contributed by atoms with Crippen LogP contribution in [0, 0.1) is 0 Å². The van der Waals surface area contributed by atoms with Gasteiger partial charge >= 0.3 is 0 Å². The van der Waals surface area contributed by atoms with E-state index in [0.717, 1.165) is 16.5 Å². The van der Waals surface area contributed by atoms with Crippen molar-refractivity contribution >= 4 is 22.6 Å². The lowest BCUT2D eigenvalue weighted by Gasteiger charge is -2.01. The summed E-state index contributed by atoms with van der Waals surface area (Å²) < 4.78 is 4.95. The van der Waals surface area contributed by atoms with Crippen LogP contribution >= 0.6 is 0 Å². The number of hydrogen-bond acceptors (Lipinski definition) is 2. The number of allylic oxidation sites excluding steroid dienone is 1. The Morgan fingerprint density at radius 1 is 1.05 bits per heavy atom. The number of hydrogen-bond donors (Lipinski definition) is 0. The van der Waals surface area contributed by atoms with Crippen LogP contribution in [-0.2, 0) is 11.2 Å².